The number of hydrogen-bond acceptors (Lipinski definition) is 3. The monoisotopic (exact) mass is 242 g/mol. The number of benzene rings is 1. The lowest BCUT2D eigenvalue weighted by molar-refractivity contribution is 0.0951. The number of carbonyl (C=O) groups is 1. The number of nitrogens with zero attached hydrogens (tertiary/aromatic N) is 1. The predicted octanol–water partition coefficient (Wildman–Crippen LogP) is 2.07. The van der Waals surface area contributed by atoms with Gasteiger partial charge in [0.1, 0.15) is 5.75 Å². The van der Waals surface area contributed by atoms with Crippen LogP contribution < -0.4 is 5.43 Å². The van der Waals surface area contributed by atoms with Crippen molar-refractivity contribution < 1.29 is 9.90 Å². The standard InChI is InChI=1S/C14H14N2O2/c17-13-7-2-1-5-11(13)14(18)16-15-12-8-9-4-3-6-10(9)12/h1-5,7,9-10,17H,6,8H2,(H,16,18)/b15-12+/t9-,10-/m0/s1. The van der Waals surface area contributed by atoms with Crippen molar-refractivity contribution in [2.24, 2.45) is 16.9 Å². The van der Waals surface area contributed by atoms with Crippen molar-refractivity contribution in [3.63, 3.8) is 0 Å². The molecule has 0 heterocycles. The molecule has 0 spiro atoms. The van der Waals surface area contributed by atoms with Crippen LogP contribution in [0.1, 0.15) is 23.2 Å². The Morgan fingerprint density at radius 1 is 1.39 bits per heavy atom. The van der Waals surface area contributed by atoms with Gasteiger partial charge in [-0.3, -0.25) is 4.79 Å². The average molecular weight is 242 g/mol. The van der Waals surface area contributed by atoms with Crippen molar-refractivity contribution in [1.82, 2.24) is 5.43 Å². The highest BCUT2D eigenvalue weighted by molar-refractivity contribution is 5.99. The zero-order valence-corrected chi connectivity index (χ0v) is 9.84. The number of aromatic hydroxyl groups is 1. The molecule has 1 amide bonds. The second kappa shape index (κ2) is 4.29. The van der Waals surface area contributed by atoms with Gasteiger partial charge in [0.25, 0.3) is 5.91 Å². The number of hydrogen-bond donors (Lipinski definition) is 2. The molecule has 2 aliphatic carbocycles. The molecule has 0 unspecified atom stereocenters. The molecule has 1 aromatic rings. The van der Waals surface area contributed by atoms with E-state index < -0.39 is 0 Å². The molecule has 0 bridgehead atoms. The first-order valence-corrected chi connectivity index (χ1v) is 6.07. The largest absolute Gasteiger partial charge is 0.507 e. The number of phenols is 1. The summed E-state index contributed by atoms with van der Waals surface area (Å²) < 4.78 is 0. The van der Waals surface area contributed by atoms with Crippen LogP contribution >= 0.6 is 0 Å². The Morgan fingerprint density at radius 2 is 2.22 bits per heavy atom. The fourth-order valence-electron chi connectivity index (χ4n) is 2.51. The summed E-state index contributed by atoms with van der Waals surface area (Å²) in [4.78, 5) is 11.8. The van der Waals surface area contributed by atoms with E-state index in [0.717, 1.165) is 18.6 Å². The molecule has 1 saturated carbocycles. The van der Waals surface area contributed by atoms with E-state index in [0.29, 0.717) is 11.8 Å². The molecular formula is C14H14N2O2. The normalized spacial score (nSPS) is 26.8. The lowest BCUT2D eigenvalue weighted by Crippen LogP contribution is -2.35. The Hall–Kier alpha value is -2.10. The topological polar surface area (TPSA) is 61.7 Å². The number of nitrogens with one attached hydrogen (secondary N) is 1. The molecule has 2 aliphatic rings. The molecule has 0 aromatic heterocycles. The first-order valence-electron chi connectivity index (χ1n) is 6.07. The first-order chi connectivity index (χ1) is 8.75. The molecule has 3 rings (SSSR count). The van der Waals surface area contributed by atoms with E-state index in [4.69, 9.17) is 0 Å². The number of phenolic OH excluding ortho intramolecular Hbond substituents is 1. The van der Waals surface area contributed by atoms with Crippen LogP contribution in [-0.2, 0) is 0 Å². The van der Waals surface area contributed by atoms with E-state index in [2.05, 4.69) is 22.7 Å². The molecule has 0 radical (unpaired) electrons. The van der Waals surface area contributed by atoms with Gasteiger partial charge in [-0.15, -0.1) is 0 Å². The molecule has 2 N–H and O–H groups in total. The van der Waals surface area contributed by atoms with Crippen LogP contribution in [0.15, 0.2) is 41.5 Å². The minimum Gasteiger partial charge on any atom is -0.507 e. The van der Waals surface area contributed by atoms with E-state index in [1.165, 1.54) is 6.07 Å². The summed E-state index contributed by atoms with van der Waals surface area (Å²) in [6, 6.07) is 6.45. The van der Waals surface area contributed by atoms with E-state index in [9.17, 15) is 9.90 Å². The number of rotatable bonds is 2. The van der Waals surface area contributed by atoms with E-state index in [1.54, 1.807) is 18.2 Å². The maximum Gasteiger partial charge on any atom is 0.275 e. The Labute approximate surface area is 105 Å². The zero-order chi connectivity index (χ0) is 12.5. The summed E-state index contributed by atoms with van der Waals surface area (Å²) in [5, 5.41) is 13.7. The lowest BCUT2D eigenvalue weighted by Gasteiger charge is -2.31. The van der Waals surface area contributed by atoms with Gasteiger partial charge in [0.05, 0.1) is 5.56 Å². The van der Waals surface area contributed by atoms with Gasteiger partial charge in [-0.25, -0.2) is 5.43 Å². The van der Waals surface area contributed by atoms with Gasteiger partial charge < -0.3 is 5.11 Å². The first kappa shape index (κ1) is 11.0. The van der Waals surface area contributed by atoms with Crippen molar-refractivity contribution in [3.8, 4) is 5.75 Å². The molecule has 1 fully saturated rings. The third-order valence-electron chi connectivity index (χ3n) is 3.61. The second-order valence-corrected chi connectivity index (χ2v) is 4.70. The molecule has 0 saturated heterocycles. The van der Waals surface area contributed by atoms with E-state index >= 15 is 0 Å². The summed E-state index contributed by atoms with van der Waals surface area (Å²) in [6.07, 6.45) is 6.34. The van der Waals surface area contributed by atoms with Crippen molar-refractivity contribution in [1.29, 1.82) is 0 Å². The summed E-state index contributed by atoms with van der Waals surface area (Å²) in [5.74, 6) is 0.708. The number of para-hydroxylation sites is 1. The van der Waals surface area contributed by atoms with E-state index in [-0.39, 0.29) is 17.2 Å². The molecule has 4 nitrogen and oxygen atoms in total. The number of allylic oxidation sites excluding steroid dienone is 2. The fourth-order valence-corrected chi connectivity index (χ4v) is 2.51. The van der Waals surface area contributed by atoms with Crippen LogP contribution in [-0.4, -0.2) is 16.7 Å². The Kier molecular flexibility index (Phi) is 2.63. The summed E-state index contributed by atoms with van der Waals surface area (Å²) >= 11 is 0. The quantitative estimate of drug-likeness (QED) is 0.616. The van der Waals surface area contributed by atoms with E-state index in [1.807, 2.05) is 0 Å². The van der Waals surface area contributed by atoms with Crippen LogP contribution in [0.25, 0.3) is 0 Å². The number of amides is 1. The molecule has 2 atom stereocenters. The third kappa shape index (κ3) is 1.79. The SMILES string of the molecule is O=C(N/N=C1\C[C@@H]2C=CC[C@H]12)c1ccccc1O. The minimum absolute atomic E-state index is 0.0239. The number of carbonyl (C=O) groups excluding carboxylic acids is 1. The van der Waals surface area contributed by atoms with Gasteiger partial charge in [-0.1, -0.05) is 24.3 Å². The van der Waals surface area contributed by atoms with Gasteiger partial charge in [-0.05, 0) is 30.9 Å². The number of hydrazone groups is 1. The van der Waals surface area contributed by atoms with Crippen molar-refractivity contribution >= 4 is 11.6 Å². The van der Waals surface area contributed by atoms with Crippen LogP contribution in [0, 0.1) is 11.8 Å². The fraction of sp³-hybridized carbons (Fsp3) is 0.286. The minimum atomic E-state index is -0.366. The van der Waals surface area contributed by atoms with Gasteiger partial charge in [-0.2, -0.15) is 5.10 Å². The molecule has 0 aliphatic heterocycles. The maximum atomic E-state index is 11.8. The van der Waals surface area contributed by atoms with Crippen molar-refractivity contribution in [3.05, 3.63) is 42.0 Å². The molecular weight excluding hydrogens is 228 g/mol. The number of fused-ring (bicyclic) bond motifs is 1. The molecule has 18 heavy (non-hydrogen) atoms. The zero-order valence-electron chi connectivity index (χ0n) is 9.84. The van der Waals surface area contributed by atoms with Gasteiger partial charge in [0.15, 0.2) is 0 Å². The molecule has 1 aromatic carbocycles. The average Bonchev–Trinajstić information content (AvgIpc) is 2.71. The smallest absolute Gasteiger partial charge is 0.275 e. The summed E-state index contributed by atoms with van der Waals surface area (Å²) in [7, 11) is 0. The van der Waals surface area contributed by atoms with Gasteiger partial charge in [0.2, 0.25) is 0 Å². The highest BCUT2D eigenvalue weighted by Gasteiger charge is 2.38. The lowest BCUT2D eigenvalue weighted by atomic mass is 9.74. The Balaban J connectivity index is 1.66. The van der Waals surface area contributed by atoms with Crippen molar-refractivity contribution in [2.75, 3.05) is 0 Å². The summed E-state index contributed by atoms with van der Waals surface area (Å²) in [5.41, 5.74) is 3.82. The van der Waals surface area contributed by atoms with Crippen LogP contribution in [0.2, 0.25) is 0 Å². The Bertz CT molecular complexity index is 548. The molecule has 4 heteroatoms. The van der Waals surface area contributed by atoms with Crippen LogP contribution in [0.5, 0.6) is 5.75 Å². The highest BCUT2D eigenvalue weighted by Crippen LogP contribution is 2.40. The predicted molar refractivity (Wildman–Crippen MR) is 68.4 cm³/mol. The third-order valence-corrected chi connectivity index (χ3v) is 3.61. The summed E-state index contributed by atoms with van der Waals surface area (Å²) in [6.45, 7) is 0. The highest BCUT2D eigenvalue weighted by atomic mass is 16.3. The Morgan fingerprint density at radius 3 is 3.00 bits per heavy atom. The van der Waals surface area contributed by atoms with Crippen LogP contribution in [0.4, 0.5) is 0 Å². The maximum absolute atomic E-state index is 11.8. The van der Waals surface area contributed by atoms with Gasteiger partial charge >= 0.3 is 0 Å². The second-order valence-electron chi connectivity index (χ2n) is 4.70. The molecule has 92 valence electrons. The van der Waals surface area contributed by atoms with Crippen molar-refractivity contribution in [2.45, 2.75) is 12.8 Å². The van der Waals surface area contributed by atoms with Crippen LogP contribution in [0.3, 0.4) is 0 Å². The van der Waals surface area contributed by atoms with Gasteiger partial charge in [0, 0.05) is 11.6 Å².